The van der Waals surface area contributed by atoms with Gasteiger partial charge in [-0.1, -0.05) is 6.07 Å². The lowest BCUT2D eigenvalue weighted by atomic mass is 10.1. The van der Waals surface area contributed by atoms with Crippen LogP contribution in [0, 0.1) is 0 Å². The van der Waals surface area contributed by atoms with Gasteiger partial charge in [-0.3, -0.25) is 19.2 Å². The number of aryl methyl sites for hydroxylation is 1. The Morgan fingerprint density at radius 1 is 1.21 bits per heavy atom. The fourth-order valence-corrected chi connectivity index (χ4v) is 2.21. The highest BCUT2D eigenvalue weighted by molar-refractivity contribution is 6.23. The van der Waals surface area contributed by atoms with Crippen LogP contribution in [0.15, 0.2) is 30.5 Å². The van der Waals surface area contributed by atoms with E-state index in [-0.39, 0.29) is 18.4 Å². The van der Waals surface area contributed by atoms with Gasteiger partial charge in [0.05, 0.1) is 23.4 Å². The van der Waals surface area contributed by atoms with Gasteiger partial charge in [-0.05, 0) is 18.2 Å². The molecule has 0 aliphatic carbocycles. The molecule has 96 valence electrons. The molecule has 0 saturated carbocycles. The number of rotatable bonds is 2. The molecule has 1 aromatic carbocycles. The number of anilines is 1. The molecular formula is C13H12N4O2. The summed E-state index contributed by atoms with van der Waals surface area (Å²) in [7, 11) is 1.78. The monoisotopic (exact) mass is 256 g/mol. The van der Waals surface area contributed by atoms with Crippen molar-refractivity contribution >= 4 is 17.5 Å². The van der Waals surface area contributed by atoms with Crippen LogP contribution in [0.25, 0.3) is 0 Å². The summed E-state index contributed by atoms with van der Waals surface area (Å²) in [5.41, 5.74) is 7.42. The molecule has 19 heavy (non-hydrogen) atoms. The Hall–Kier alpha value is -2.63. The van der Waals surface area contributed by atoms with Gasteiger partial charge in [0.25, 0.3) is 11.8 Å². The van der Waals surface area contributed by atoms with E-state index >= 15 is 0 Å². The number of fused-ring (bicyclic) bond motifs is 1. The molecule has 1 aromatic heterocycles. The molecule has 2 heterocycles. The summed E-state index contributed by atoms with van der Waals surface area (Å²) in [5.74, 6) is -0.679. The maximum atomic E-state index is 12.2. The average Bonchev–Trinajstić information content (AvgIpc) is 2.88. The van der Waals surface area contributed by atoms with E-state index in [0.717, 1.165) is 0 Å². The van der Waals surface area contributed by atoms with Crippen molar-refractivity contribution in [1.82, 2.24) is 14.7 Å². The smallest absolute Gasteiger partial charge is 0.264 e. The number of aromatic nitrogens is 2. The predicted octanol–water partition coefficient (Wildman–Crippen LogP) is 0.798. The number of imide groups is 1. The molecule has 0 fully saturated rings. The normalized spacial score (nSPS) is 14.1. The molecule has 3 rings (SSSR count). The van der Waals surface area contributed by atoms with Gasteiger partial charge < -0.3 is 5.73 Å². The van der Waals surface area contributed by atoms with Crippen molar-refractivity contribution in [1.29, 1.82) is 0 Å². The predicted molar refractivity (Wildman–Crippen MR) is 68.3 cm³/mol. The Kier molecular flexibility index (Phi) is 2.38. The zero-order valence-corrected chi connectivity index (χ0v) is 10.3. The number of hydrogen-bond donors (Lipinski definition) is 1. The van der Waals surface area contributed by atoms with E-state index in [1.165, 1.54) is 4.90 Å². The highest BCUT2D eigenvalue weighted by Gasteiger charge is 2.37. The number of carbonyl (C=O) groups is 2. The minimum absolute atomic E-state index is 0.159. The number of benzene rings is 1. The molecule has 1 aliphatic heterocycles. The molecule has 0 unspecified atom stereocenters. The summed E-state index contributed by atoms with van der Waals surface area (Å²) in [6, 6.07) is 6.68. The molecule has 2 aromatic rings. The van der Waals surface area contributed by atoms with Crippen molar-refractivity contribution in [2.24, 2.45) is 7.05 Å². The Balaban J connectivity index is 1.97. The van der Waals surface area contributed by atoms with E-state index in [2.05, 4.69) is 5.10 Å². The fourth-order valence-electron chi connectivity index (χ4n) is 2.21. The highest BCUT2D eigenvalue weighted by atomic mass is 16.2. The van der Waals surface area contributed by atoms with Gasteiger partial charge in [0.1, 0.15) is 0 Å². The largest absolute Gasteiger partial charge is 0.398 e. The molecule has 0 saturated heterocycles. The van der Waals surface area contributed by atoms with Crippen molar-refractivity contribution in [3.05, 3.63) is 47.3 Å². The second-order valence-corrected chi connectivity index (χ2v) is 4.45. The van der Waals surface area contributed by atoms with Gasteiger partial charge >= 0.3 is 0 Å². The van der Waals surface area contributed by atoms with Crippen molar-refractivity contribution in [3.63, 3.8) is 0 Å². The Bertz CT molecular complexity index is 690. The van der Waals surface area contributed by atoms with Crippen LogP contribution in [0.1, 0.15) is 26.4 Å². The average molecular weight is 256 g/mol. The van der Waals surface area contributed by atoms with E-state index < -0.39 is 0 Å². The van der Waals surface area contributed by atoms with Gasteiger partial charge in [-0.25, -0.2) is 0 Å². The van der Waals surface area contributed by atoms with Gasteiger partial charge in [-0.2, -0.15) is 5.10 Å². The molecule has 0 bridgehead atoms. The van der Waals surface area contributed by atoms with Crippen LogP contribution in [0.5, 0.6) is 0 Å². The number of nitrogen functional groups attached to an aromatic ring is 1. The lowest BCUT2D eigenvalue weighted by Gasteiger charge is -2.11. The first-order valence-electron chi connectivity index (χ1n) is 5.81. The Morgan fingerprint density at radius 3 is 2.63 bits per heavy atom. The van der Waals surface area contributed by atoms with Crippen LogP contribution in [-0.2, 0) is 13.6 Å². The summed E-state index contributed by atoms with van der Waals surface area (Å²) in [6.45, 7) is 0.159. The summed E-state index contributed by atoms with van der Waals surface area (Å²) in [5, 5.41) is 4.17. The third kappa shape index (κ3) is 1.69. The van der Waals surface area contributed by atoms with Gasteiger partial charge in [0, 0.05) is 18.9 Å². The van der Waals surface area contributed by atoms with Crippen molar-refractivity contribution in [2.45, 2.75) is 6.54 Å². The zero-order chi connectivity index (χ0) is 13.6. The topological polar surface area (TPSA) is 81.2 Å². The van der Waals surface area contributed by atoms with E-state index in [1.54, 1.807) is 42.2 Å². The lowest BCUT2D eigenvalue weighted by Crippen LogP contribution is -2.29. The van der Waals surface area contributed by atoms with Crippen LogP contribution in [0.4, 0.5) is 5.69 Å². The molecule has 2 N–H and O–H groups in total. The minimum atomic E-state index is -0.358. The van der Waals surface area contributed by atoms with Crippen molar-refractivity contribution in [2.75, 3.05) is 5.73 Å². The van der Waals surface area contributed by atoms with Crippen LogP contribution in [-0.4, -0.2) is 26.5 Å². The first-order chi connectivity index (χ1) is 9.08. The van der Waals surface area contributed by atoms with Crippen LogP contribution in [0.3, 0.4) is 0 Å². The van der Waals surface area contributed by atoms with Crippen LogP contribution < -0.4 is 5.73 Å². The Morgan fingerprint density at radius 2 is 2.00 bits per heavy atom. The van der Waals surface area contributed by atoms with Gasteiger partial charge in [0.2, 0.25) is 0 Å². The second-order valence-electron chi connectivity index (χ2n) is 4.45. The number of hydrogen-bond acceptors (Lipinski definition) is 4. The molecule has 0 radical (unpaired) electrons. The van der Waals surface area contributed by atoms with E-state index in [0.29, 0.717) is 22.5 Å². The highest BCUT2D eigenvalue weighted by Crippen LogP contribution is 2.28. The molecule has 0 spiro atoms. The standard InChI is InChI=1S/C13H12N4O2/c1-16-6-5-8(15-16)7-17-12(18)9-3-2-4-10(14)11(9)13(17)19/h2-6H,7,14H2,1H3. The van der Waals surface area contributed by atoms with Crippen molar-refractivity contribution < 1.29 is 9.59 Å². The number of nitrogens with two attached hydrogens (primary N) is 1. The third-order valence-corrected chi connectivity index (χ3v) is 3.12. The maximum Gasteiger partial charge on any atom is 0.264 e. The van der Waals surface area contributed by atoms with Gasteiger partial charge in [-0.15, -0.1) is 0 Å². The van der Waals surface area contributed by atoms with Crippen LogP contribution >= 0.6 is 0 Å². The summed E-state index contributed by atoms with van der Waals surface area (Å²) < 4.78 is 1.63. The molecule has 2 amide bonds. The first-order valence-corrected chi connectivity index (χ1v) is 5.81. The molecular weight excluding hydrogens is 244 g/mol. The van der Waals surface area contributed by atoms with Gasteiger partial charge in [0.15, 0.2) is 0 Å². The fraction of sp³-hybridized carbons (Fsp3) is 0.154. The maximum absolute atomic E-state index is 12.2. The number of amides is 2. The van der Waals surface area contributed by atoms with E-state index in [4.69, 9.17) is 5.73 Å². The zero-order valence-electron chi connectivity index (χ0n) is 10.3. The third-order valence-electron chi connectivity index (χ3n) is 3.12. The molecule has 0 atom stereocenters. The SMILES string of the molecule is Cn1ccc(CN2C(=O)c3cccc(N)c3C2=O)n1. The Labute approximate surface area is 109 Å². The molecule has 6 heteroatoms. The first kappa shape index (κ1) is 11.5. The summed E-state index contributed by atoms with van der Waals surface area (Å²) in [4.78, 5) is 25.6. The summed E-state index contributed by atoms with van der Waals surface area (Å²) >= 11 is 0. The van der Waals surface area contributed by atoms with E-state index in [9.17, 15) is 9.59 Å². The van der Waals surface area contributed by atoms with Crippen LogP contribution in [0.2, 0.25) is 0 Å². The molecule has 1 aliphatic rings. The second kappa shape index (κ2) is 3.94. The molecule has 6 nitrogen and oxygen atoms in total. The van der Waals surface area contributed by atoms with E-state index in [1.807, 2.05) is 0 Å². The quantitative estimate of drug-likeness (QED) is 0.636. The minimum Gasteiger partial charge on any atom is -0.398 e. The summed E-state index contributed by atoms with van der Waals surface area (Å²) in [6.07, 6.45) is 1.77. The number of carbonyl (C=O) groups excluding carboxylic acids is 2. The van der Waals surface area contributed by atoms with Crippen molar-refractivity contribution in [3.8, 4) is 0 Å². The number of nitrogens with zero attached hydrogens (tertiary/aromatic N) is 3. The lowest BCUT2D eigenvalue weighted by molar-refractivity contribution is 0.0640.